The predicted molar refractivity (Wildman–Crippen MR) is 53.1 cm³/mol. The van der Waals surface area contributed by atoms with E-state index in [-0.39, 0.29) is 5.69 Å². The van der Waals surface area contributed by atoms with Gasteiger partial charge in [0.2, 0.25) is 0 Å². The maximum Gasteiger partial charge on any atom is 0.354 e. The fraction of sp³-hybridized carbons (Fsp3) is 0.100. The SMILES string of the molecule is Cc1nccn1-c1ccnc(C(=O)O)c1. The van der Waals surface area contributed by atoms with Gasteiger partial charge in [0.15, 0.2) is 0 Å². The molecule has 0 aromatic carbocycles. The Morgan fingerprint density at radius 1 is 1.40 bits per heavy atom. The zero-order chi connectivity index (χ0) is 10.8. The van der Waals surface area contributed by atoms with Crippen LogP contribution < -0.4 is 0 Å². The first-order valence-electron chi connectivity index (χ1n) is 4.38. The summed E-state index contributed by atoms with van der Waals surface area (Å²) in [6.45, 7) is 1.85. The lowest BCUT2D eigenvalue weighted by atomic mass is 10.3. The van der Waals surface area contributed by atoms with Crippen molar-refractivity contribution < 1.29 is 9.90 Å². The number of aromatic nitrogens is 3. The van der Waals surface area contributed by atoms with E-state index < -0.39 is 5.97 Å². The molecule has 0 unspecified atom stereocenters. The summed E-state index contributed by atoms with van der Waals surface area (Å²) in [5, 5.41) is 8.79. The first-order chi connectivity index (χ1) is 7.18. The molecule has 2 rings (SSSR count). The van der Waals surface area contributed by atoms with Crippen LogP contribution in [0.3, 0.4) is 0 Å². The van der Waals surface area contributed by atoms with Crippen LogP contribution in [0, 0.1) is 6.92 Å². The Kier molecular flexibility index (Phi) is 2.21. The summed E-state index contributed by atoms with van der Waals surface area (Å²) in [5.74, 6) is -0.229. The summed E-state index contributed by atoms with van der Waals surface area (Å²) >= 11 is 0. The van der Waals surface area contributed by atoms with E-state index in [1.165, 1.54) is 12.3 Å². The second-order valence-electron chi connectivity index (χ2n) is 3.05. The van der Waals surface area contributed by atoms with Gasteiger partial charge in [-0.25, -0.2) is 14.8 Å². The summed E-state index contributed by atoms with van der Waals surface area (Å²) < 4.78 is 1.80. The monoisotopic (exact) mass is 203 g/mol. The molecule has 0 aliphatic heterocycles. The molecule has 0 aliphatic rings. The Hall–Kier alpha value is -2.17. The van der Waals surface area contributed by atoms with E-state index in [2.05, 4.69) is 9.97 Å². The topological polar surface area (TPSA) is 68.0 Å². The van der Waals surface area contributed by atoms with Crippen molar-refractivity contribution in [1.82, 2.24) is 14.5 Å². The molecule has 0 aliphatic carbocycles. The molecule has 5 nitrogen and oxygen atoms in total. The molecule has 2 aromatic rings. The molecule has 0 atom stereocenters. The van der Waals surface area contributed by atoms with Gasteiger partial charge in [0.05, 0.1) is 5.69 Å². The summed E-state index contributed by atoms with van der Waals surface area (Å²) in [6.07, 6.45) is 4.91. The van der Waals surface area contributed by atoms with Gasteiger partial charge in [0.1, 0.15) is 11.5 Å². The van der Waals surface area contributed by atoms with E-state index in [4.69, 9.17) is 5.11 Å². The zero-order valence-electron chi connectivity index (χ0n) is 8.08. The Morgan fingerprint density at radius 2 is 2.20 bits per heavy atom. The van der Waals surface area contributed by atoms with Crippen LogP contribution in [0.2, 0.25) is 0 Å². The van der Waals surface area contributed by atoms with E-state index in [9.17, 15) is 4.79 Å². The number of carbonyl (C=O) groups is 1. The van der Waals surface area contributed by atoms with Crippen molar-refractivity contribution in [2.24, 2.45) is 0 Å². The molecule has 2 heterocycles. The number of rotatable bonds is 2. The minimum absolute atomic E-state index is 0.0283. The fourth-order valence-corrected chi connectivity index (χ4v) is 1.34. The molecule has 76 valence electrons. The van der Waals surface area contributed by atoms with Gasteiger partial charge >= 0.3 is 5.97 Å². The number of carboxylic acids is 1. The van der Waals surface area contributed by atoms with Crippen LogP contribution in [0.25, 0.3) is 5.69 Å². The number of aryl methyl sites for hydroxylation is 1. The van der Waals surface area contributed by atoms with E-state index in [1.807, 2.05) is 6.92 Å². The third-order valence-electron chi connectivity index (χ3n) is 2.07. The van der Waals surface area contributed by atoms with Gasteiger partial charge in [-0.05, 0) is 19.1 Å². The molecule has 1 N–H and O–H groups in total. The van der Waals surface area contributed by atoms with Gasteiger partial charge < -0.3 is 9.67 Å². The van der Waals surface area contributed by atoms with Crippen molar-refractivity contribution in [3.8, 4) is 5.69 Å². The standard InChI is InChI=1S/C10H9N3O2/c1-7-11-4-5-13(7)8-2-3-12-9(6-8)10(14)15/h2-6H,1H3,(H,14,15). The van der Waals surface area contributed by atoms with Crippen LogP contribution in [0.5, 0.6) is 0 Å². The average molecular weight is 203 g/mol. The number of aromatic carboxylic acids is 1. The third-order valence-corrected chi connectivity index (χ3v) is 2.07. The molecule has 0 amide bonds. The highest BCUT2D eigenvalue weighted by molar-refractivity contribution is 5.85. The largest absolute Gasteiger partial charge is 0.477 e. The lowest BCUT2D eigenvalue weighted by Crippen LogP contribution is -2.03. The zero-order valence-corrected chi connectivity index (χ0v) is 8.08. The van der Waals surface area contributed by atoms with Gasteiger partial charge in [-0.3, -0.25) is 0 Å². The Bertz CT molecular complexity index is 505. The van der Waals surface area contributed by atoms with E-state index in [0.29, 0.717) is 0 Å². The lowest BCUT2D eigenvalue weighted by molar-refractivity contribution is 0.0690. The van der Waals surface area contributed by atoms with Crippen LogP contribution in [0.4, 0.5) is 0 Å². The number of nitrogens with zero attached hydrogens (tertiary/aromatic N) is 3. The van der Waals surface area contributed by atoms with Crippen LogP contribution in [-0.2, 0) is 0 Å². The molecule has 0 saturated heterocycles. The maximum atomic E-state index is 10.7. The molecule has 5 heteroatoms. The number of imidazole rings is 1. The molecule has 15 heavy (non-hydrogen) atoms. The van der Waals surface area contributed by atoms with Crippen molar-refractivity contribution in [3.05, 3.63) is 42.2 Å². The summed E-state index contributed by atoms with van der Waals surface area (Å²) in [7, 11) is 0. The Balaban J connectivity index is 2.50. The second kappa shape index (κ2) is 3.53. The number of hydrogen-bond acceptors (Lipinski definition) is 3. The third kappa shape index (κ3) is 1.71. The van der Waals surface area contributed by atoms with Crippen molar-refractivity contribution in [1.29, 1.82) is 0 Å². The first kappa shape index (κ1) is 9.39. The maximum absolute atomic E-state index is 10.7. The number of carboxylic acid groups (broad SMARTS) is 1. The fourth-order valence-electron chi connectivity index (χ4n) is 1.34. The highest BCUT2D eigenvalue weighted by Gasteiger charge is 2.06. The normalized spacial score (nSPS) is 10.2. The highest BCUT2D eigenvalue weighted by atomic mass is 16.4. The van der Waals surface area contributed by atoms with Crippen LogP contribution in [0.15, 0.2) is 30.7 Å². The van der Waals surface area contributed by atoms with Crippen LogP contribution in [-0.4, -0.2) is 25.6 Å². The lowest BCUT2D eigenvalue weighted by Gasteiger charge is -2.04. The van der Waals surface area contributed by atoms with E-state index in [0.717, 1.165) is 11.5 Å². The first-order valence-corrected chi connectivity index (χ1v) is 4.38. The molecular formula is C10H9N3O2. The van der Waals surface area contributed by atoms with Crippen LogP contribution >= 0.6 is 0 Å². The van der Waals surface area contributed by atoms with Gasteiger partial charge in [-0.1, -0.05) is 0 Å². The van der Waals surface area contributed by atoms with E-state index in [1.54, 1.807) is 23.0 Å². The van der Waals surface area contributed by atoms with Gasteiger partial charge in [0.25, 0.3) is 0 Å². The Morgan fingerprint density at radius 3 is 2.80 bits per heavy atom. The van der Waals surface area contributed by atoms with E-state index >= 15 is 0 Å². The summed E-state index contributed by atoms with van der Waals surface area (Å²) in [6, 6.07) is 3.25. The van der Waals surface area contributed by atoms with Crippen molar-refractivity contribution in [2.75, 3.05) is 0 Å². The minimum Gasteiger partial charge on any atom is -0.477 e. The Labute approximate surface area is 86.0 Å². The summed E-state index contributed by atoms with van der Waals surface area (Å²) in [4.78, 5) is 18.5. The minimum atomic E-state index is -1.03. The number of hydrogen-bond donors (Lipinski definition) is 1. The van der Waals surface area contributed by atoms with Crippen LogP contribution in [0.1, 0.15) is 16.3 Å². The molecular weight excluding hydrogens is 194 g/mol. The van der Waals surface area contributed by atoms with Crippen molar-refractivity contribution >= 4 is 5.97 Å². The predicted octanol–water partition coefficient (Wildman–Crippen LogP) is 1.27. The summed E-state index contributed by atoms with van der Waals surface area (Å²) in [5.41, 5.74) is 0.776. The molecule has 0 saturated carbocycles. The van der Waals surface area contributed by atoms with Gasteiger partial charge in [-0.15, -0.1) is 0 Å². The quantitative estimate of drug-likeness (QED) is 0.798. The van der Waals surface area contributed by atoms with Gasteiger partial charge in [0, 0.05) is 18.6 Å². The molecule has 0 radical (unpaired) electrons. The van der Waals surface area contributed by atoms with Crippen molar-refractivity contribution in [3.63, 3.8) is 0 Å². The molecule has 0 spiro atoms. The molecule has 2 aromatic heterocycles. The number of pyridine rings is 1. The second-order valence-corrected chi connectivity index (χ2v) is 3.05. The highest BCUT2D eigenvalue weighted by Crippen LogP contribution is 2.10. The van der Waals surface area contributed by atoms with Crippen molar-refractivity contribution in [2.45, 2.75) is 6.92 Å². The average Bonchev–Trinajstić information content (AvgIpc) is 2.64. The van der Waals surface area contributed by atoms with Gasteiger partial charge in [-0.2, -0.15) is 0 Å². The molecule has 0 fully saturated rings. The molecule has 0 bridgehead atoms. The smallest absolute Gasteiger partial charge is 0.354 e.